The molecule has 3 rings (SSSR count). The van der Waals surface area contributed by atoms with Gasteiger partial charge in [0.2, 0.25) is 0 Å². The standard InChI is InChI=1S/C20H26N2O2/c1-3-19(16-7-5-4-6-8-16)22-12-9-17(10-13-22)21-20(23)18-11-14-24-15(18)2/h4-8,11,14,17,19H,3,9-10,12-13H2,1-2H3,(H,21,23). The largest absolute Gasteiger partial charge is 0.469 e. The van der Waals surface area contributed by atoms with Gasteiger partial charge in [-0.25, -0.2) is 0 Å². The molecule has 1 aromatic carbocycles. The highest BCUT2D eigenvalue weighted by atomic mass is 16.3. The number of carbonyl (C=O) groups is 1. The van der Waals surface area contributed by atoms with Gasteiger partial charge in [-0.15, -0.1) is 0 Å². The fourth-order valence-electron chi connectivity index (χ4n) is 3.62. The molecule has 1 unspecified atom stereocenters. The van der Waals surface area contributed by atoms with Crippen LogP contribution in [-0.4, -0.2) is 29.9 Å². The summed E-state index contributed by atoms with van der Waals surface area (Å²) in [6.07, 6.45) is 4.66. The van der Waals surface area contributed by atoms with Crippen LogP contribution in [-0.2, 0) is 0 Å². The predicted molar refractivity (Wildman–Crippen MR) is 95.0 cm³/mol. The number of benzene rings is 1. The van der Waals surface area contributed by atoms with Crippen molar-refractivity contribution in [2.45, 2.75) is 45.2 Å². The van der Waals surface area contributed by atoms with Gasteiger partial charge in [0.1, 0.15) is 5.76 Å². The van der Waals surface area contributed by atoms with Crippen LogP contribution in [0.1, 0.15) is 53.9 Å². The van der Waals surface area contributed by atoms with Crippen molar-refractivity contribution in [3.63, 3.8) is 0 Å². The van der Waals surface area contributed by atoms with Gasteiger partial charge in [-0.05, 0) is 37.8 Å². The van der Waals surface area contributed by atoms with Crippen LogP contribution in [0.15, 0.2) is 47.1 Å². The van der Waals surface area contributed by atoms with Crippen LogP contribution < -0.4 is 5.32 Å². The number of likely N-dealkylation sites (tertiary alicyclic amines) is 1. The van der Waals surface area contributed by atoms with Crippen LogP contribution in [0, 0.1) is 6.92 Å². The molecule has 0 saturated carbocycles. The lowest BCUT2D eigenvalue weighted by molar-refractivity contribution is 0.0886. The molecule has 1 aliphatic rings. The number of rotatable bonds is 5. The van der Waals surface area contributed by atoms with E-state index in [2.05, 4.69) is 47.5 Å². The molecule has 128 valence electrons. The zero-order chi connectivity index (χ0) is 16.9. The van der Waals surface area contributed by atoms with Gasteiger partial charge in [-0.3, -0.25) is 9.69 Å². The average Bonchev–Trinajstić information content (AvgIpc) is 3.04. The molecular weight excluding hydrogens is 300 g/mol. The Bertz CT molecular complexity index is 657. The van der Waals surface area contributed by atoms with E-state index in [1.807, 2.05) is 6.92 Å². The number of piperidine rings is 1. The van der Waals surface area contributed by atoms with Crippen LogP contribution in [0.3, 0.4) is 0 Å². The summed E-state index contributed by atoms with van der Waals surface area (Å²) < 4.78 is 5.22. The Labute approximate surface area is 143 Å². The van der Waals surface area contributed by atoms with Crippen molar-refractivity contribution in [2.75, 3.05) is 13.1 Å². The number of carbonyl (C=O) groups excluding carboxylic acids is 1. The SMILES string of the molecule is CCC(c1ccccc1)N1CCC(NC(=O)c2ccoc2C)CC1. The highest BCUT2D eigenvalue weighted by molar-refractivity contribution is 5.95. The third-order valence-corrected chi connectivity index (χ3v) is 4.98. The number of aryl methyl sites for hydroxylation is 1. The zero-order valence-corrected chi connectivity index (χ0v) is 14.5. The molecule has 2 heterocycles. The first-order valence-corrected chi connectivity index (χ1v) is 8.83. The summed E-state index contributed by atoms with van der Waals surface area (Å²) >= 11 is 0. The Morgan fingerprint density at radius 1 is 1.25 bits per heavy atom. The summed E-state index contributed by atoms with van der Waals surface area (Å²) in [7, 11) is 0. The smallest absolute Gasteiger partial charge is 0.255 e. The fraction of sp³-hybridized carbons (Fsp3) is 0.450. The van der Waals surface area contributed by atoms with Crippen molar-refractivity contribution >= 4 is 5.91 Å². The van der Waals surface area contributed by atoms with Crippen molar-refractivity contribution in [1.82, 2.24) is 10.2 Å². The van der Waals surface area contributed by atoms with Gasteiger partial charge in [-0.2, -0.15) is 0 Å². The van der Waals surface area contributed by atoms with E-state index >= 15 is 0 Å². The van der Waals surface area contributed by atoms with Crippen LogP contribution >= 0.6 is 0 Å². The lowest BCUT2D eigenvalue weighted by Crippen LogP contribution is -2.45. The van der Waals surface area contributed by atoms with Crippen LogP contribution in [0.2, 0.25) is 0 Å². The maximum Gasteiger partial charge on any atom is 0.255 e. The Kier molecular flexibility index (Phi) is 5.36. The minimum atomic E-state index is -0.0187. The molecule has 0 aliphatic carbocycles. The fourth-order valence-corrected chi connectivity index (χ4v) is 3.62. The topological polar surface area (TPSA) is 45.5 Å². The minimum Gasteiger partial charge on any atom is -0.469 e. The second kappa shape index (κ2) is 7.67. The molecule has 1 aromatic heterocycles. The summed E-state index contributed by atoms with van der Waals surface area (Å²) in [5.41, 5.74) is 2.03. The van der Waals surface area contributed by atoms with E-state index < -0.39 is 0 Å². The maximum atomic E-state index is 12.3. The summed E-state index contributed by atoms with van der Waals surface area (Å²) in [6, 6.07) is 13.2. The number of hydrogen-bond donors (Lipinski definition) is 1. The third-order valence-electron chi connectivity index (χ3n) is 4.98. The molecule has 1 amide bonds. The summed E-state index contributed by atoms with van der Waals surface area (Å²) in [6.45, 7) is 6.10. The molecule has 1 saturated heterocycles. The van der Waals surface area contributed by atoms with Gasteiger partial charge in [0.25, 0.3) is 5.91 Å². The van der Waals surface area contributed by atoms with Crippen molar-refractivity contribution in [3.05, 3.63) is 59.5 Å². The molecule has 24 heavy (non-hydrogen) atoms. The quantitative estimate of drug-likeness (QED) is 0.905. The van der Waals surface area contributed by atoms with E-state index in [0.717, 1.165) is 32.4 Å². The van der Waals surface area contributed by atoms with Gasteiger partial charge in [0.05, 0.1) is 11.8 Å². The molecule has 4 nitrogen and oxygen atoms in total. The molecule has 2 aromatic rings. The summed E-state index contributed by atoms with van der Waals surface area (Å²) in [5, 5.41) is 3.15. The van der Waals surface area contributed by atoms with Crippen LogP contribution in [0.4, 0.5) is 0 Å². The molecule has 0 bridgehead atoms. The number of amides is 1. The van der Waals surface area contributed by atoms with Gasteiger partial charge in [0, 0.05) is 25.2 Å². The molecule has 1 fully saturated rings. The monoisotopic (exact) mass is 326 g/mol. The molecule has 0 spiro atoms. The van der Waals surface area contributed by atoms with Crippen LogP contribution in [0.5, 0.6) is 0 Å². The van der Waals surface area contributed by atoms with Crippen LogP contribution in [0.25, 0.3) is 0 Å². The van der Waals surface area contributed by atoms with Gasteiger partial charge in [0.15, 0.2) is 0 Å². The van der Waals surface area contributed by atoms with Crippen molar-refractivity contribution in [1.29, 1.82) is 0 Å². The van der Waals surface area contributed by atoms with E-state index in [1.54, 1.807) is 12.3 Å². The van der Waals surface area contributed by atoms with Gasteiger partial charge >= 0.3 is 0 Å². The minimum absolute atomic E-state index is 0.0187. The summed E-state index contributed by atoms with van der Waals surface area (Å²) in [4.78, 5) is 14.8. The first kappa shape index (κ1) is 16.8. The third kappa shape index (κ3) is 3.70. The van der Waals surface area contributed by atoms with Crippen molar-refractivity contribution in [3.8, 4) is 0 Å². The Balaban J connectivity index is 1.55. The van der Waals surface area contributed by atoms with Crippen molar-refractivity contribution in [2.24, 2.45) is 0 Å². The Hall–Kier alpha value is -2.07. The molecule has 1 atom stereocenters. The lowest BCUT2D eigenvalue weighted by atomic mass is 9.97. The Morgan fingerprint density at radius 2 is 1.96 bits per heavy atom. The van der Waals surface area contributed by atoms with E-state index in [4.69, 9.17) is 4.42 Å². The first-order valence-electron chi connectivity index (χ1n) is 8.83. The Morgan fingerprint density at radius 3 is 2.54 bits per heavy atom. The van der Waals surface area contributed by atoms with E-state index in [1.165, 1.54) is 5.56 Å². The van der Waals surface area contributed by atoms with Crippen molar-refractivity contribution < 1.29 is 9.21 Å². The number of nitrogens with zero attached hydrogens (tertiary/aromatic N) is 1. The number of furan rings is 1. The normalized spacial score (nSPS) is 17.6. The molecule has 0 radical (unpaired) electrons. The highest BCUT2D eigenvalue weighted by Crippen LogP contribution is 2.27. The first-order chi connectivity index (χ1) is 11.7. The van der Waals surface area contributed by atoms with E-state index in [9.17, 15) is 4.79 Å². The lowest BCUT2D eigenvalue weighted by Gasteiger charge is -2.37. The average molecular weight is 326 g/mol. The second-order valence-corrected chi connectivity index (χ2v) is 6.51. The van der Waals surface area contributed by atoms with E-state index in [0.29, 0.717) is 17.4 Å². The maximum absolute atomic E-state index is 12.3. The van der Waals surface area contributed by atoms with Gasteiger partial charge < -0.3 is 9.73 Å². The molecule has 1 aliphatic heterocycles. The number of nitrogens with one attached hydrogen (secondary N) is 1. The summed E-state index contributed by atoms with van der Waals surface area (Å²) in [5.74, 6) is 0.662. The number of hydrogen-bond acceptors (Lipinski definition) is 3. The van der Waals surface area contributed by atoms with Gasteiger partial charge in [-0.1, -0.05) is 37.3 Å². The predicted octanol–water partition coefficient (Wildman–Crippen LogP) is 3.93. The molecule has 1 N–H and O–H groups in total. The zero-order valence-electron chi connectivity index (χ0n) is 14.5. The highest BCUT2D eigenvalue weighted by Gasteiger charge is 2.26. The molecular formula is C20H26N2O2. The molecule has 4 heteroatoms. The second-order valence-electron chi connectivity index (χ2n) is 6.51. The van der Waals surface area contributed by atoms with E-state index in [-0.39, 0.29) is 11.9 Å².